The second-order valence-corrected chi connectivity index (χ2v) is 4.30. The Balaban J connectivity index is 2.13. The molecule has 0 saturated carbocycles. The molecule has 0 aliphatic carbocycles. The number of pyridine rings is 1. The average Bonchev–Trinajstić information content (AvgIpc) is 2.47. The van der Waals surface area contributed by atoms with Crippen molar-refractivity contribution in [2.24, 2.45) is 0 Å². The minimum atomic E-state index is -0.928. The van der Waals surface area contributed by atoms with Crippen molar-refractivity contribution in [1.29, 1.82) is 0 Å². The van der Waals surface area contributed by atoms with Crippen LogP contribution in [0.4, 0.5) is 0 Å². The van der Waals surface area contributed by atoms with Crippen molar-refractivity contribution in [3.63, 3.8) is 0 Å². The molecule has 0 unspecified atom stereocenters. The van der Waals surface area contributed by atoms with Crippen molar-refractivity contribution < 1.29 is 9.90 Å². The fraction of sp³-hybridized carbons (Fsp3) is 0. The van der Waals surface area contributed by atoms with Crippen LogP contribution in [0.25, 0.3) is 22.0 Å². The molecule has 1 heterocycles. The number of hydrogen-bond donors (Lipinski definition) is 1. The quantitative estimate of drug-likeness (QED) is 0.754. The summed E-state index contributed by atoms with van der Waals surface area (Å²) in [5.74, 6) is -0.928. The molecule has 3 heteroatoms. The number of rotatable bonds is 2. The van der Waals surface area contributed by atoms with Crippen LogP contribution in [0.1, 0.15) is 10.4 Å². The van der Waals surface area contributed by atoms with Crippen molar-refractivity contribution in [2.75, 3.05) is 0 Å². The summed E-state index contributed by atoms with van der Waals surface area (Å²) in [5.41, 5.74) is 1.86. The van der Waals surface area contributed by atoms with Crippen molar-refractivity contribution in [3.05, 3.63) is 66.4 Å². The predicted octanol–water partition coefficient (Wildman–Crippen LogP) is 3.60. The third kappa shape index (κ3) is 2.18. The summed E-state index contributed by atoms with van der Waals surface area (Å²) in [6.07, 6.45) is 1.80. The second kappa shape index (κ2) is 4.53. The first kappa shape index (κ1) is 11.4. The highest BCUT2D eigenvalue weighted by Gasteiger charge is 2.06. The number of fused-ring (bicyclic) bond motifs is 1. The lowest BCUT2D eigenvalue weighted by atomic mass is 10.1. The first-order valence-corrected chi connectivity index (χ1v) is 5.92. The molecular weight excluding hydrogens is 238 g/mol. The molecule has 0 aliphatic heterocycles. The monoisotopic (exact) mass is 249 g/mol. The Morgan fingerprint density at radius 1 is 0.947 bits per heavy atom. The van der Waals surface area contributed by atoms with Gasteiger partial charge in [0.2, 0.25) is 0 Å². The largest absolute Gasteiger partial charge is 0.478 e. The number of hydrogen-bond acceptors (Lipinski definition) is 2. The third-order valence-corrected chi connectivity index (χ3v) is 3.04. The fourth-order valence-electron chi connectivity index (χ4n) is 2.05. The second-order valence-electron chi connectivity index (χ2n) is 4.30. The summed E-state index contributed by atoms with van der Waals surface area (Å²) < 4.78 is 0. The highest BCUT2D eigenvalue weighted by molar-refractivity contribution is 5.90. The molecule has 0 radical (unpaired) electrons. The Bertz CT molecular complexity index is 765. The summed E-state index contributed by atoms with van der Waals surface area (Å²) >= 11 is 0. The zero-order valence-electron chi connectivity index (χ0n) is 10.1. The third-order valence-electron chi connectivity index (χ3n) is 3.04. The standard InChI is InChI=1S/C16H11NO2/c18-16(19)13-7-3-6-12(8-13)15-9-11-4-1-2-5-14(11)10-17-15/h1-10H,(H,18,19). The molecule has 1 aromatic heterocycles. The summed E-state index contributed by atoms with van der Waals surface area (Å²) in [7, 11) is 0. The number of nitrogens with zero attached hydrogens (tertiary/aromatic N) is 1. The zero-order chi connectivity index (χ0) is 13.2. The number of carboxylic acids is 1. The highest BCUT2D eigenvalue weighted by atomic mass is 16.4. The van der Waals surface area contributed by atoms with Crippen molar-refractivity contribution in [2.45, 2.75) is 0 Å². The van der Waals surface area contributed by atoms with Crippen LogP contribution in [-0.2, 0) is 0 Å². The molecule has 2 aromatic carbocycles. The number of aromatic nitrogens is 1. The SMILES string of the molecule is O=C(O)c1cccc(-c2cc3ccccc3cn2)c1. The van der Waals surface area contributed by atoms with Crippen LogP contribution in [0.2, 0.25) is 0 Å². The summed E-state index contributed by atoms with van der Waals surface area (Å²) in [4.78, 5) is 15.4. The van der Waals surface area contributed by atoms with E-state index in [9.17, 15) is 4.79 Å². The van der Waals surface area contributed by atoms with Gasteiger partial charge in [0.1, 0.15) is 0 Å². The van der Waals surface area contributed by atoms with Gasteiger partial charge in [-0.15, -0.1) is 0 Å². The maximum absolute atomic E-state index is 11.0. The van der Waals surface area contributed by atoms with Gasteiger partial charge in [0.05, 0.1) is 11.3 Å². The zero-order valence-corrected chi connectivity index (χ0v) is 10.1. The summed E-state index contributed by atoms with van der Waals surface area (Å²) in [5, 5.41) is 11.2. The summed E-state index contributed by atoms with van der Waals surface area (Å²) in [6.45, 7) is 0. The molecule has 3 aromatic rings. The van der Waals surface area contributed by atoms with Crippen LogP contribution in [-0.4, -0.2) is 16.1 Å². The van der Waals surface area contributed by atoms with Gasteiger partial charge < -0.3 is 5.11 Å². The van der Waals surface area contributed by atoms with Gasteiger partial charge in [-0.1, -0.05) is 36.4 Å². The van der Waals surface area contributed by atoms with Gasteiger partial charge >= 0.3 is 5.97 Å². The van der Waals surface area contributed by atoms with E-state index in [1.807, 2.05) is 36.4 Å². The van der Waals surface area contributed by atoms with E-state index in [1.54, 1.807) is 24.4 Å². The normalized spacial score (nSPS) is 10.5. The van der Waals surface area contributed by atoms with E-state index in [0.717, 1.165) is 22.0 Å². The van der Waals surface area contributed by atoms with Crippen LogP contribution >= 0.6 is 0 Å². The van der Waals surface area contributed by atoms with Crippen molar-refractivity contribution >= 4 is 16.7 Å². The Hall–Kier alpha value is -2.68. The molecule has 0 spiro atoms. The lowest BCUT2D eigenvalue weighted by Crippen LogP contribution is -1.96. The van der Waals surface area contributed by atoms with Crippen molar-refractivity contribution in [3.8, 4) is 11.3 Å². The van der Waals surface area contributed by atoms with Gasteiger partial charge in [0.15, 0.2) is 0 Å². The topological polar surface area (TPSA) is 50.2 Å². The first-order valence-electron chi connectivity index (χ1n) is 5.92. The molecular formula is C16H11NO2. The molecule has 19 heavy (non-hydrogen) atoms. The van der Waals surface area contributed by atoms with Crippen molar-refractivity contribution in [1.82, 2.24) is 4.98 Å². The number of aromatic carboxylic acids is 1. The van der Waals surface area contributed by atoms with E-state index in [1.165, 1.54) is 0 Å². The van der Waals surface area contributed by atoms with E-state index in [4.69, 9.17) is 5.11 Å². The van der Waals surface area contributed by atoms with Crippen LogP contribution in [0, 0.1) is 0 Å². The van der Waals surface area contributed by atoms with Crippen LogP contribution in [0.3, 0.4) is 0 Å². The van der Waals surface area contributed by atoms with E-state index in [2.05, 4.69) is 4.98 Å². The van der Waals surface area contributed by atoms with Gasteiger partial charge in [-0.2, -0.15) is 0 Å². The smallest absolute Gasteiger partial charge is 0.335 e. The Morgan fingerprint density at radius 2 is 1.74 bits per heavy atom. The van der Waals surface area contributed by atoms with E-state index in [0.29, 0.717) is 0 Å². The predicted molar refractivity (Wildman–Crippen MR) is 74.1 cm³/mol. The number of carboxylic acid groups (broad SMARTS) is 1. The molecule has 0 bridgehead atoms. The first-order chi connectivity index (χ1) is 9.24. The van der Waals surface area contributed by atoms with E-state index >= 15 is 0 Å². The molecule has 0 aliphatic rings. The minimum Gasteiger partial charge on any atom is -0.478 e. The molecule has 3 nitrogen and oxygen atoms in total. The molecule has 3 rings (SSSR count). The van der Waals surface area contributed by atoms with Gasteiger partial charge in [-0.25, -0.2) is 4.79 Å². The highest BCUT2D eigenvalue weighted by Crippen LogP contribution is 2.22. The molecule has 1 N–H and O–H groups in total. The van der Waals surface area contributed by atoms with E-state index < -0.39 is 5.97 Å². The summed E-state index contributed by atoms with van der Waals surface area (Å²) in [6, 6.07) is 16.7. The Kier molecular flexibility index (Phi) is 2.72. The van der Waals surface area contributed by atoms with Gasteiger partial charge in [0, 0.05) is 17.1 Å². The molecule has 0 saturated heterocycles. The van der Waals surface area contributed by atoms with Crippen LogP contribution in [0.5, 0.6) is 0 Å². The van der Waals surface area contributed by atoms with Gasteiger partial charge in [-0.05, 0) is 23.6 Å². The van der Waals surface area contributed by atoms with E-state index in [-0.39, 0.29) is 5.56 Å². The van der Waals surface area contributed by atoms with Gasteiger partial charge in [0.25, 0.3) is 0 Å². The number of carbonyl (C=O) groups is 1. The van der Waals surface area contributed by atoms with Crippen LogP contribution in [0.15, 0.2) is 60.8 Å². The number of benzene rings is 2. The lowest BCUT2D eigenvalue weighted by Gasteiger charge is -2.04. The van der Waals surface area contributed by atoms with Gasteiger partial charge in [-0.3, -0.25) is 4.98 Å². The lowest BCUT2D eigenvalue weighted by molar-refractivity contribution is 0.0697. The van der Waals surface area contributed by atoms with Crippen LogP contribution < -0.4 is 0 Å². The maximum Gasteiger partial charge on any atom is 0.335 e. The fourth-order valence-corrected chi connectivity index (χ4v) is 2.05. The maximum atomic E-state index is 11.0. The Labute approximate surface area is 110 Å². The molecule has 0 atom stereocenters. The minimum absolute atomic E-state index is 0.271. The average molecular weight is 249 g/mol. The molecule has 0 amide bonds. The Morgan fingerprint density at radius 3 is 2.53 bits per heavy atom. The molecule has 92 valence electrons. The molecule has 0 fully saturated rings.